The highest BCUT2D eigenvalue weighted by molar-refractivity contribution is 7.90. The Kier molecular flexibility index (Phi) is 14.5. The standard InChI is InChI=1S/C18H25F3N2O4S.C17H23F3N2O4S/c1-22-10-8-17(9-11-22)28(24,25)23-12-6-15(7-13-23)26-14-2-4-16(5-3-14)27-18(19,20)21;18-17(19,20)26-15-3-1-13(2-4-15)25-14-7-11-22(12-8-14)27(23,24)16-5-9-21-10-6-16/h2-5,15,17H,6-13H2,1H3;1-4,14,16,21H,5-12H2. The van der Waals surface area contributed by atoms with Crippen molar-refractivity contribution in [1.29, 1.82) is 0 Å². The molecule has 4 saturated heterocycles. The molecule has 20 heteroatoms. The number of piperidine rings is 4. The van der Waals surface area contributed by atoms with Crippen LogP contribution in [0, 0.1) is 0 Å². The monoisotopic (exact) mass is 830 g/mol. The Bertz CT molecular complexity index is 1700. The number of nitrogens with zero attached hydrogens (tertiary/aromatic N) is 3. The van der Waals surface area contributed by atoms with Gasteiger partial charge < -0.3 is 29.2 Å². The fraction of sp³-hybridized carbons (Fsp3) is 0.657. The number of hydrogen-bond donors (Lipinski definition) is 1. The number of likely N-dealkylation sites (tertiary alicyclic amines) is 1. The molecule has 310 valence electrons. The van der Waals surface area contributed by atoms with Gasteiger partial charge in [0.1, 0.15) is 35.2 Å². The van der Waals surface area contributed by atoms with Crippen molar-refractivity contribution >= 4 is 20.0 Å². The molecule has 4 aliphatic rings. The van der Waals surface area contributed by atoms with Crippen LogP contribution in [0.1, 0.15) is 51.4 Å². The zero-order chi connectivity index (χ0) is 39.9. The summed E-state index contributed by atoms with van der Waals surface area (Å²) in [6.07, 6.45) is -5.03. The molecule has 55 heavy (non-hydrogen) atoms. The molecule has 0 spiro atoms. The van der Waals surface area contributed by atoms with Crippen molar-refractivity contribution in [3.8, 4) is 23.0 Å². The Labute approximate surface area is 318 Å². The van der Waals surface area contributed by atoms with Gasteiger partial charge in [-0.1, -0.05) is 0 Å². The minimum atomic E-state index is -4.73. The first-order valence-electron chi connectivity index (χ1n) is 18.3. The van der Waals surface area contributed by atoms with Crippen molar-refractivity contribution in [2.45, 2.75) is 86.8 Å². The minimum absolute atomic E-state index is 0.168. The summed E-state index contributed by atoms with van der Waals surface area (Å²) in [5, 5.41) is 2.53. The number of alkyl halides is 6. The van der Waals surface area contributed by atoms with Gasteiger partial charge in [-0.3, -0.25) is 0 Å². The van der Waals surface area contributed by atoms with Crippen LogP contribution in [-0.4, -0.2) is 125 Å². The molecule has 6 rings (SSSR count). The third-order valence-electron chi connectivity index (χ3n) is 10.0. The molecule has 0 amide bonds. The van der Waals surface area contributed by atoms with Crippen LogP contribution >= 0.6 is 0 Å². The summed E-state index contributed by atoms with van der Waals surface area (Å²) in [4.78, 5) is 2.14. The molecule has 4 heterocycles. The molecule has 2 aromatic rings. The minimum Gasteiger partial charge on any atom is -0.490 e. The lowest BCUT2D eigenvalue weighted by Crippen LogP contribution is -2.48. The van der Waals surface area contributed by atoms with Crippen LogP contribution < -0.4 is 24.3 Å². The third kappa shape index (κ3) is 13.0. The van der Waals surface area contributed by atoms with Crippen molar-refractivity contribution in [2.75, 3.05) is 59.4 Å². The Balaban J connectivity index is 0.000000211. The first kappa shape index (κ1) is 43.1. The maximum atomic E-state index is 12.8. The molecular formula is C35H48F6N4O8S2. The van der Waals surface area contributed by atoms with Crippen LogP contribution in [0.3, 0.4) is 0 Å². The summed E-state index contributed by atoms with van der Waals surface area (Å²) in [7, 11) is -4.60. The molecule has 0 aromatic heterocycles. The Hall–Kier alpha value is -3.04. The number of benzene rings is 2. The quantitative estimate of drug-likeness (QED) is 0.313. The van der Waals surface area contributed by atoms with E-state index in [1.807, 2.05) is 7.05 Å². The van der Waals surface area contributed by atoms with Crippen molar-refractivity contribution < 1.29 is 62.1 Å². The van der Waals surface area contributed by atoms with Gasteiger partial charge in [0.25, 0.3) is 0 Å². The number of nitrogens with one attached hydrogen (secondary N) is 1. The average Bonchev–Trinajstić information content (AvgIpc) is 3.13. The van der Waals surface area contributed by atoms with Gasteiger partial charge in [0.2, 0.25) is 20.0 Å². The number of halogens is 6. The van der Waals surface area contributed by atoms with Crippen LogP contribution in [0.5, 0.6) is 23.0 Å². The number of hydrogen-bond acceptors (Lipinski definition) is 10. The Morgan fingerprint density at radius 1 is 0.527 bits per heavy atom. The molecule has 0 radical (unpaired) electrons. The topological polar surface area (TPSA) is 127 Å². The highest BCUT2D eigenvalue weighted by Crippen LogP contribution is 2.30. The highest BCUT2D eigenvalue weighted by atomic mass is 32.2. The zero-order valence-electron chi connectivity index (χ0n) is 30.4. The fourth-order valence-electron chi connectivity index (χ4n) is 7.03. The van der Waals surface area contributed by atoms with Crippen molar-refractivity contribution in [2.24, 2.45) is 0 Å². The van der Waals surface area contributed by atoms with Crippen LogP contribution in [0.4, 0.5) is 26.3 Å². The van der Waals surface area contributed by atoms with Crippen LogP contribution in [0.2, 0.25) is 0 Å². The molecular weight excluding hydrogens is 783 g/mol. The van der Waals surface area contributed by atoms with E-state index in [9.17, 15) is 43.2 Å². The Morgan fingerprint density at radius 2 is 0.855 bits per heavy atom. The lowest BCUT2D eigenvalue weighted by Gasteiger charge is -2.36. The largest absolute Gasteiger partial charge is 0.573 e. The Morgan fingerprint density at radius 3 is 1.20 bits per heavy atom. The van der Waals surface area contributed by atoms with Gasteiger partial charge in [0.05, 0.1) is 10.5 Å². The average molecular weight is 831 g/mol. The van der Waals surface area contributed by atoms with Crippen molar-refractivity contribution in [3.63, 3.8) is 0 Å². The number of rotatable bonds is 10. The highest BCUT2D eigenvalue weighted by Gasteiger charge is 2.38. The van der Waals surface area contributed by atoms with Crippen molar-refractivity contribution in [1.82, 2.24) is 18.8 Å². The van der Waals surface area contributed by atoms with Gasteiger partial charge in [0, 0.05) is 26.2 Å². The third-order valence-corrected chi connectivity index (χ3v) is 14.8. The van der Waals surface area contributed by atoms with E-state index in [1.54, 1.807) is 8.61 Å². The van der Waals surface area contributed by atoms with E-state index in [0.29, 0.717) is 89.0 Å². The van der Waals surface area contributed by atoms with Crippen molar-refractivity contribution in [3.05, 3.63) is 48.5 Å². The van der Waals surface area contributed by atoms with E-state index in [1.165, 1.54) is 48.5 Å². The second-order valence-electron chi connectivity index (χ2n) is 14.0. The maximum Gasteiger partial charge on any atom is 0.573 e. The first-order valence-corrected chi connectivity index (χ1v) is 21.3. The fourth-order valence-corrected chi connectivity index (χ4v) is 11.0. The van der Waals surface area contributed by atoms with Crippen LogP contribution in [0.15, 0.2) is 48.5 Å². The van der Waals surface area contributed by atoms with Gasteiger partial charge in [-0.2, -0.15) is 0 Å². The molecule has 0 aliphatic carbocycles. The van der Waals surface area contributed by atoms with Gasteiger partial charge >= 0.3 is 12.7 Å². The van der Waals surface area contributed by atoms with Gasteiger partial charge in [-0.25, -0.2) is 25.4 Å². The van der Waals surface area contributed by atoms with E-state index in [0.717, 1.165) is 26.2 Å². The molecule has 12 nitrogen and oxygen atoms in total. The van der Waals surface area contributed by atoms with E-state index in [4.69, 9.17) is 9.47 Å². The summed E-state index contributed by atoms with van der Waals surface area (Å²) in [5.41, 5.74) is 0. The molecule has 0 saturated carbocycles. The van der Waals surface area contributed by atoms with E-state index >= 15 is 0 Å². The molecule has 4 fully saturated rings. The molecule has 0 bridgehead atoms. The van der Waals surface area contributed by atoms with Gasteiger partial charge in [-0.15, -0.1) is 26.3 Å². The molecule has 0 unspecified atom stereocenters. The molecule has 2 aromatic carbocycles. The molecule has 4 aliphatic heterocycles. The summed E-state index contributed by atoms with van der Waals surface area (Å²) < 4.78 is 146. The van der Waals surface area contributed by atoms with Gasteiger partial charge in [0.15, 0.2) is 0 Å². The lowest BCUT2D eigenvalue weighted by molar-refractivity contribution is -0.275. The molecule has 0 atom stereocenters. The predicted octanol–water partition coefficient (Wildman–Crippen LogP) is 5.36. The summed E-state index contributed by atoms with van der Waals surface area (Å²) in [5.74, 6) is 0.256. The predicted molar refractivity (Wildman–Crippen MR) is 191 cm³/mol. The van der Waals surface area contributed by atoms with Crippen LogP contribution in [0.25, 0.3) is 0 Å². The SMILES string of the molecule is CN1CCC(S(=O)(=O)N2CCC(Oc3ccc(OC(F)(F)F)cc3)CC2)CC1.O=S(=O)(C1CCNCC1)N1CCC(Oc2ccc(OC(F)(F)F)cc2)CC1. The summed E-state index contributed by atoms with van der Waals surface area (Å²) in [6.45, 7) is 4.60. The maximum absolute atomic E-state index is 12.8. The molecule has 1 N–H and O–H groups in total. The summed E-state index contributed by atoms with van der Waals surface area (Å²) in [6, 6.07) is 10.5. The van der Waals surface area contributed by atoms with E-state index in [2.05, 4.69) is 19.7 Å². The zero-order valence-corrected chi connectivity index (χ0v) is 32.1. The van der Waals surface area contributed by atoms with E-state index < -0.39 is 32.8 Å². The summed E-state index contributed by atoms with van der Waals surface area (Å²) >= 11 is 0. The number of ether oxygens (including phenoxy) is 4. The van der Waals surface area contributed by atoms with E-state index in [-0.39, 0.29) is 34.2 Å². The second-order valence-corrected chi connectivity index (χ2v) is 18.4. The lowest BCUT2D eigenvalue weighted by atomic mass is 10.1. The van der Waals surface area contributed by atoms with Gasteiger partial charge in [-0.05, 0) is 133 Å². The first-order chi connectivity index (χ1) is 25.9. The van der Waals surface area contributed by atoms with Crippen LogP contribution in [-0.2, 0) is 20.0 Å². The number of sulfonamides is 2. The smallest absolute Gasteiger partial charge is 0.490 e. The second kappa shape index (κ2) is 18.5. The normalized spacial score (nSPS) is 21.4.